The van der Waals surface area contributed by atoms with Gasteiger partial charge in [0.1, 0.15) is 17.1 Å². The average molecular weight is 489 g/mol. The molecule has 1 aromatic carbocycles. The number of aliphatic carboxylic acids is 2. The molecule has 0 saturated heterocycles. The van der Waals surface area contributed by atoms with Crippen molar-refractivity contribution in [2.24, 2.45) is 11.8 Å². The second kappa shape index (κ2) is 11.5. The number of nitrogens with zero attached hydrogens (tertiary/aromatic N) is 2. The lowest BCUT2D eigenvalue weighted by Gasteiger charge is -2.17. The molecule has 0 radical (unpaired) electrons. The summed E-state index contributed by atoms with van der Waals surface area (Å²) in [6.07, 6.45) is -0.177. The number of amides is 1. The minimum atomic E-state index is -1.09. The number of hydrogen-bond donors (Lipinski definition) is 2. The summed E-state index contributed by atoms with van der Waals surface area (Å²) in [5, 5.41) is 19.2. The maximum atomic E-state index is 13.5. The number of carbonyl (C=O) groups excluding carboxylic acids is 2. The normalized spacial score (nSPS) is 12.5. The van der Waals surface area contributed by atoms with Gasteiger partial charge in [-0.3, -0.25) is 19.0 Å². The highest BCUT2D eigenvalue weighted by Crippen LogP contribution is 2.33. The molecule has 2 atom stereocenters. The van der Waals surface area contributed by atoms with E-state index in [9.17, 15) is 29.4 Å². The molecule has 2 unspecified atom stereocenters. The van der Waals surface area contributed by atoms with Crippen molar-refractivity contribution < 1.29 is 38.9 Å². The molecule has 2 N–H and O–H groups in total. The third-order valence-corrected chi connectivity index (χ3v) is 5.66. The minimum Gasteiger partial charge on any atom is -0.497 e. The number of carboxylic acids is 2. The summed E-state index contributed by atoms with van der Waals surface area (Å²) < 4.78 is 12.0. The molecule has 190 valence electrons. The molecule has 10 nitrogen and oxygen atoms in total. The Kier molecular flexibility index (Phi) is 9.05. The fraction of sp³-hybridized carbons (Fsp3) is 0.440. The predicted molar refractivity (Wildman–Crippen MR) is 127 cm³/mol. The molecule has 0 aliphatic carbocycles. The predicted octanol–water partition coefficient (Wildman–Crippen LogP) is 2.89. The average Bonchev–Trinajstić information content (AvgIpc) is 3.11. The highest BCUT2D eigenvalue weighted by atomic mass is 16.5. The smallest absolute Gasteiger partial charge is 0.355 e. The first-order valence-corrected chi connectivity index (χ1v) is 11.2. The van der Waals surface area contributed by atoms with E-state index in [2.05, 4.69) is 0 Å². The second-order valence-corrected chi connectivity index (χ2v) is 8.49. The number of hydrogen-bond acceptors (Lipinski definition) is 6. The van der Waals surface area contributed by atoms with Crippen LogP contribution >= 0.6 is 0 Å². The van der Waals surface area contributed by atoms with Crippen LogP contribution in [0.4, 0.5) is 0 Å². The van der Waals surface area contributed by atoms with Gasteiger partial charge in [0.15, 0.2) is 0 Å². The van der Waals surface area contributed by atoms with E-state index in [-0.39, 0.29) is 36.4 Å². The van der Waals surface area contributed by atoms with Crippen molar-refractivity contribution >= 4 is 23.8 Å². The van der Waals surface area contributed by atoms with Crippen LogP contribution in [-0.4, -0.2) is 71.3 Å². The quantitative estimate of drug-likeness (QED) is 0.461. The van der Waals surface area contributed by atoms with E-state index in [1.807, 2.05) is 0 Å². The van der Waals surface area contributed by atoms with Gasteiger partial charge in [-0.1, -0.05) is 13.8 Å². The van der Waals surface area contributed by atoms with E-state index in [0.717, 1.165) is 0 Å². The molecule has 1 amide bonds. The molecule has 0 aliphatic rings. The van der Waals surface area contributed by atoms with Gasteiger partial charge in [0.2, 0.25) is 0 Å². The van der Waals surface area contributed by atoms with Crippen molar-refractivity contribution in [3.05, 3.63) is 46.8 Å². The van der Waals surface area contributed by atoms with Gasteiger partial charge >= 0.3 is 17.9 Å². The van der Waals surface area contributed by atoms with Gasteiger partial charge in [-0.25, -0.2) is 4.79 Å². The Bertz CT molecular complexity index is 1100. The standard InChI is InChI=1S/C25H32N2O8/c1-7-35-25(33)21-19(13-15(3)24(31)32)18(12-14(2)23(29)30)20(22(28)26(4)5)27(21)16-8-10-17(34-6)11-9-16/h8-11,14-15H,7,12-13H2,1-6H3,(H,29,30)(H,31,32). The van der Waals surface area contributed by atoms with E-state index >= 15 is 0 Å². The number of rotatable bonds is 11. The molecule has 0 aliphatic heterocycles. The largest absolute Gasteiger partial charge is 0.497 e. The molecule has 1 heterocycles. The van der Waals surface area contributed by atoms with Crippen molar-refractivity contribution in [2.45, 2.75) is 33.6 Å². The summed E-state index contributed by atoms with van der Waals surface area (Å²) in [4.78, 5) is 51.5. The van der Waals surface area contributed by atoms with Crippen LogP contribution in [0.1, 0.15) is 52.9 Å². The van der Waals surface area contributed by atoms with E-state index < -0.39 is 35.7 Å². The zero-order chi connectivity index (χ0) is 26.4. The van der Waals surface area contributed by atoms with Gasteiger partial charge in [0, 0.05) is 19.8 Å². The fourth-order valence-corrected chi connectivity index (χ4v) is 3.73. The van der Waals surface area contributed by atoms with Crippen LogP contribution in [0, 0.1) is 11.8 Å². The Balaban J connectivity index is 3.03. The number of benzene rings is 1. The summed E-state index contributed by atoms with van der Waals surface area (Å²) in [5.41, 5.74) is 1.13. The molecule has 1 aromatic heterocycles. The van der Waals surface area contributed by atoms with Gasteiger partial charge in [0.05, 0.1) is 25.6 Å². The van der Waals surface area contributed by atoms with Crippen LogP contribution in [0.3, 0.4) is 0 Å². The SMILES string of the molecule is CCOC(=O)c1c(CC(C)C(=O)O)c(CC(C)C(=O)O)c(C(=O)N(C)C)n1-c1ccc(OC)cc1. The molecule has 2 rings (SSSR count). The maximum Gasteiger partial charge on any atom is 0.355 e. The Morgan fingerprint density at radius 1 is 0.914 bits per heavy atom. The number of carboxylic acid groups (broad SMARTS) is 2. The lowest BCUT2D eigenvalue weighted by atomic mass is 9.91. The van der Waals surface area contributed by atoms with Crippen LogP contribution in [-0.2, 0) is 27.2 Å². The Hall–Kier alpha value is -3.82. The first kappa shape index (κ1) is 27.4. The van der Waals surface area contributed by atoms with E-state index in [1.54, 1.807) is 45.3 Å². The van der Waals surface area contributed by atoms with E-state index in [1.165, 1.54) is 30.4 Å². The van der Waals surface area contributed by atoms with Gasteiger partial charge in [-0.15, -0.1) is 0 Å². The zero-order valence-electron chi connectivity index (χ0n) is 20.8. The third-order valence-electron chi connectivity index (χ3n) is 5.66. The molecular weight excluding hydrogens is 456 g/mol. The topological polar surface area (TPSA) is 135 Å². The fourth-order valence-electron chi connectivity index (χ4n) is 3.73. The maximum absolute atomic E-state index is 13.5. The molecule has 10 heteroatoms. The molecule has 0 fully saturated rings. The lowest BCUT2D eigenvalue weighted by molar-refractivity contribution is -0.142. The summed E-state index contributed by atoms with van der Waals surface area (Å²) in [7, 11) is 4.59. The molecule has 2 aromatic rings. The number of carbonyl (C=O) groups is 4. The van der Waals surface area contributed by atoms with Crippen molar-refractivity contribution in [2.75, 3.05) is 27.8 Å². The van der Waals surface area contributed by atoms with Crippen LogP contribution in [0.15, 0.2) is 24.3 Å². The number of aromatic nitrogens is 1. The third kappa shape index (κ3) is 6.00. The highest BCUT2D eigenvalue weighted by Gasteiger charge is 2.35. The van der Waals surface area contributed by atoms with E-state index in [0.29, 0.717) is 17.0 Å². The Labute approximate surface area is 204 Å². The number of methoxy groups -OCH3 is 1. The lowest BCUT2D eigenvalue weighted by Crippen LogP contribution is -2.27. The summed E-state index contributed by atoms with van der Waals surface area (Å²) >= 11 is 0. The van der Waals surface area contributed by atoms with Crippen molar-refractivity contribution in [1.29, 1.82) is 0 Å². The summed E-state index contributed by atoms with van der Waals surface area (Å²) in [5.74, 6) is -4.62. The van der Waals surface area contributed by atoms with Gasteiger partial charge < -0.3 is 24.6 Å². The highest BCUT2D eigenvalue weighted by molar-refractivity contribution is 6.00. The summed E-state index contributed by atoms with van der Waals surface area (Å²) in [6.45, 7) is 4.67. The molecule has 0 bridgehead atoms. The van der Waals surface area contributed by atoms with Crippen LogP contribution < -0.4 is 4.74 Å². The molecule has 0 spiro atoms. The first-order chi connectivity index (χ1) is 16.4. The Morgan fingerprint density at radius 3 is 1.80 bits per heavy atom. The monoisotopic (exact) mass is 488 g/mol. The van der Waals surface area contributed by atoms with Gasteiger partial charge in [-0.2, -0.15) is 0 Å². The Morgan fingerprint density at radius 2 is 1.40 bits per heavy atom. The van der Waals surface area contributed by atoms with Crippen LogP contribution in [0.25, 0.3) is 5.69 Å². The van der Waals surface area contributed by atoms with Crippen molar-refractivity contribution in [1.82, 2.24) is 9.47 Å². The van der Waals surface area contributed by atoms with Gasteiger partial charge in [-0.05, 0) is 55.2 Å². The van der Waals surface area contributed by atoms with Crippen LogP contribution in [0.2, 0.25) is 0 Å². The van der Waals surface area contributed by atoms with Crippen molar-refractivity contribution in [3.8, 4) is 11.4 Å². The number of esters is 1. The molecule has 35 heavy (non-hydrogen) atoms. The minimum absolute atomic E-state index is 0.00269. The molecular formula is C25H32N2O8. The van der Waals surface area contributed by atoms with Gasteiger partial charge in [0.25, 0.3) is 5.91 Å². The van der Waals surface area contributed by atoms with Crippen LogP contribution in [0.5, 0.6) is 5.75 Å². The summed E-state index contributed by atoms with van der Waals surface area (Å²) in [6, 6.07) is 6.63. The van der Waals surface area contributed by atoms with E-state index in [4.69, 9.17) is 9.47 Å². The first-order valence-electron chi connectivity index (χ1n) is 11.2. The van der Waals surface area contributed by atoms with Crippen molar-refractivity contribution in [3.63, 3.8) is 0 Å². The second-order valence-electron chi connectivity index (χ2n) is 8.49. The molecule has 0 saturated carbocycles. The zero-order valence-corrected chi connectivity index (χ0v) is 20.8. The number of ether oxygens (including phenoxy) is 2.